The molecule has 0 spiro atoms. The van der Waals surface area contributed by atoms with Crippen molar-refractivity contribution >= 4 is 15.7 Å². The highest BCUT2D eigenvalue weighted by Crippen LogP contribution is 2.22. The topological polar surface area (TPSA) is 76.5 Å². The van der Waals surface area contributed by atoms with Crippen LogP contribution in [0.1, 0.15) is 11.3 Å². The third-order valence-electron chi connectivity index (χ3n) is 2.85. The molecule has 0 saturated carbocycles. The molecule has 2 N–H and O–H groups in total. The predicted molar refractivity (Wildman–Crippen MR) is 73.0 cm³/mol. The summed E-state index contributed by atoms with van der Waals surface area (Å²) in [4.78, 5) is 0.260. The standard InChI is InChI=1S/C13H16N2O3S/c1-10-8-11(14)5-6-13(10)19(16,17)15(2)9-12-4-3-7-18-12/h3-8H,9,14H2,1-2H3. The molecular formula is C13H16N2O3S. The fourth-order valence-electron chi connectivity index (χ4n) is 1.84. The number of aryl methyl sites for hydroxylation is 1. The minimum absolute atomic E-state index is 0.194. The van der Waals surface area contributed by atoms with Gasteiger partial charge in [0.2, 0.25) is 10.0 Å². The van der Waals surface area contributed by atoms with Gasteiger partial charge in [0, 0.05) is 12.7 Å². The molecule has 1 heterocycles. The fraction of sp³-hybridized carbons (Fsp3) is 0.231. The summed E-state index contributed by atoms with van der Waals surface area (Å²) < 4.78 is 31.3. The molecule has 0 aliphatic rings. The molecule has 102 valence electrons. The number of rotatable bonds is 4. The van der Waals surface area contributed by atoms with Crippen molar-refractivity contribution in [1.29, 1.82) is 0 Å². The van der Waals surface area contributed by atoms with Gasteiger partial charge in [-0.05, 0) is 42.8 Å². The first-order valence-electron chi connectivity index (χ1n) is 5.76. The van der Waals surface area contributed by atoms with Gasteiger partial charge in [-0.3, -0.25) is 0 Å². The van der Waals surface area contributed by atoms with Crippen molar-refractivity contribution in [2.45, 2.75) is 18.4 Å². The number of anilines is 1. The number of hydrogen-bond acceptors (Lipinski definition) is 4. The van der Waals surface area contributed by atoms with Crippen LogP contribution in [0.2, 0.25) is 0 Å². The van der Waals surface area contributed by atoms with Crippen LogP contribution in [0, 0.1) is 6.92 Å². The van der Waals surface area contributed by atoms with E-state index in [2.05, 4.69) is 0 Å². The molecule has 0 bridgehead atoms. The second-order valence-electron chi connectivity index (χ2n) is 4.37. The van der Waals surface area contributed by atoms with E-state index >= 15 is 0 Å². The van der Waals surface area contributed by atoms with Crippen LogP contribution < -0.4 is 5.73 Å². The first-order valence-corrected chi connectivity index (χ1v) is 7.20. The fourth-order valence-corrected chi connectivity index (χ4v) is 3.18. The third kappa shape index (κ3) is 2.80. The number of benzene rings is 1. The van der Waals surface area contributed by atoms with E-state index < -0.39 is 10.0 Å². The van der Waals surface area contributed by atoms with Crippen LogP contribution in [-0.2, 0) is 16.6 Å². The minimum atomic E-state index is -3.54. The maximum Gasteiger partial charge on any atom is 0.243 e. The van der Waals surface area contributed by atoms with Gasteiger partial charge in [-0.25, -0.2) is 8.42 Å². The minimum Gasteiger partial charge on any atom is -0.468 e. The number of nitrogen functional groups attached to an aromatic ring is 1. The lowest BCUT2D eigenvalue weighted by Gasteiger charge is -2.17. The quantitative estimate of drug-likeness (QED) is 0.869. The Morgan fingerprint density at radius 2 is 2.05 bits per heavy atom. The Morgan fingerprint density at radius 1 is 1.32 bits per heavy atom. The average Bonchev–Trinajstić information content (AvgIpc) is 2.81. The molecule has 0 fully saturated rings. The highest BCUT2D eigenvalue weighted by molar-refractivity contribution is 7.89. The molecule has 19 heavy (non-hydrogen) atoms. The SMILES string of the molecule is Cc1cc(N)ccc1S(=O)(=O)N(C)Cc1ccco1. The van der Waals surface area contributed by atoms with Gasteiger partial charge in [-0.1, -0.05) is 0 Å². The van der Waals surface area contributed by atoms with Gasteiger partial charge < -0.3 is 10.2 Å². The summed E-state index contributed by atoms with van der Waals surface area (Å²) in [5.41, 5.74) is 6.81. The summed E-state index contributed by atoms with van der Waals surface area (Å²) in [7, 11) is -2.02. The van der Waals surface area contributed by atoms with Crippen molar-refractivity contribution < 1.29 is 12.8 Å². The van der Waals surface area contributed by atoms with Gasteiger partial charge in [0.25, 0.3) is 0 Å². The molecule has 1 aromatic heterocycles. The van der Waals surface area contributed by atoms with Gasteiger partial charge >= 0.3 is 0 Å². The van der Waals surface area contributed by atoms with Crippen LogP contribution in [0.25, 0.3) is 0 Å². The summed E-state index contributed by atoms with van der Waals surface area (Å²) in [5.74, 6) is 0.596. The Kier molecular flexibility index (Phi) is 3.64. The largest absolute Gasteiger partial charge is 0.468 e. The first kappa shape index (κ1) is 13.6. The van der Waals surface area contributed by atoms with E-state index in [4.69, 9.17) is 10.2 Å². The van der Waals surface area contributed by atoms with Gasteiger partial charge in [0.1, 0.15) is 5.76 Å². The summed E-state index contributed by atoms with van der Waals surface area (Å²) >= 11 is 0. The zero-order chi connectivity index (χ0) is 14.0. The van der Waals surface area contributed by atoms with E-state index in [1.807, 2.05) is 0 Å². The Morgan fingerprint density at radius 3 is 2.63 bits per heavy atom. The second kappa shape index (κ2) is 5.07. The summed E-state index contributed by atoms with van der Waals surface area (Å²) in [6.07, 6.45) is 1.52. The van der Waals surface area contributed by atoms with E-state index in [-0.39, 0.29) is 11.4 Å². The molecule has 0 amide bonds. The maximum absolute atomic E-state index is 12.4. The Bertz CT molecular complexity index is 663. The predicted octanol–water partition coefficient (Wildman–Crippen LogP) is 1.99. The number of nitrogens with zero attached hydrogens (tertiary/aromatic N) is 1. The van der Waals surface area contributed by atoms with Crippen LogP contribution >= 0.6 is 0 Å². The van der Waals surface area contributed by atoms with Crippen molar-refractivity contribution in [1.82, 2.24) is 4.31 Å². The molecule has 0 aliphatic heterocycles. The molecule has 0 radical (unpaired) electrons. The lowest BCUT2D eigenvalue weighted by Crippen LogP contribution is -2.27. The molecule has 1 aromatic carbocycles. The highest BCUT2D eigenvalue weighted by atomic mass is 32.2. The number of sulfonamides is 1. The number of nitrogens with two attached hydrogens (primary N) is 1. The van der Waals surface area contributed by atoms with E-state index in [9.17, 15) is 8.42 Å². The third-order valence-corrected chi connectivity index (χ3v) is 4.81. The molecule has 6 heteroatoms. The van der Waals surface area contributed by atoms with Crippen LogP contribution in [0.15, 0.2) is 45.9 Å². The molecule has 0 atom stereocenters. The molecule has 2 rings (SSSR count). The van der Waals surface area contributed by atoms with Gasteiger partial charge in [0.05, 0.1) is 17.7 Å². The Labute approximate surface area is 112 Å². The van der Waals surface area contributed by atoms with Crippen molar-refractivity contribution in [3.8, 4) is 0 Å². The number of hydrogen-bond donors (Lipinski definition) is 1. The Hall–Kier alpha value is -1.79. The van der Waals surface area contributed by atoms with Crippen molar-refractivity contribution in [3.63, 3.8) is 0 Å². The van der Waals surface area contributed by atoms with Crippen LogP contribution in [0.4, 0.5) is 5.69 Å². The van der Waals surface area contributed by atoms with E-state index in [1.165, 1.54) is 23.7 Å². The molecule has 5 nitrogen and oxygen atoms in total. The van der Waals surface area contributed by atoms with E-state index in [0.29, 0.717) is 17.0 Å². The monoisotopic (exact) mass is 280 g/mol. The first-order chi connectivity index (χ1) is 8.91. The molecule has 0 unspecified atom stereocenters. The lowest BCUT2D eigenvalue weighted by molar-refractivity contribution is 0.406. The van der Waals surface area contributed by atoms with Crippen LogP contribution in [0.5, 0.6) is 0 Å². The summed E-state index contributed by atoms with van der Waals surface area (Å²) in [5, 5.41) is 0. The zero-order valence-corrected chi connectivity index (χ0v) is 11.6. The van der Waals surface area contributed by atoms with Crippen molar-refractivity contribution in [2.75, 3.05) is 12.8 Å². The van der Waals surface area contributed by atoms with Crippen LogP contribution in [-0.4, -0.2) is 19.8 Å². The number of furan rings is 1. The van der Waals surface area contributed by atoms with Gasteiger partial charge in [-0.15, -0.1) is 0 Å². The van der Waals surface area contributed by atoms with E-state index in [1.54, 1.807) is 31.2 Å². The molecule has 0 aliphatic carbocycles. The normalized spacial score (nSPS) is 11.9. The molecule has 2 aromatic rings. The summed E-state index contributed by atoms with van der Waals surface area (Å²) in [6.45, 7) is 1.92. The average molecular weight is 280 g/mol. The van der Waals surface area contributed by atoms with Gasteiger partial charge in [-0.2, -0.15) is 4.31 Å². The maximum atomic E-state index is 12.4. The second-order valence-corrected chi connectivity index (χ2v) is 6.38. The lowest BCUT2D eigenvalue weighted by atomic mass is 10.2. The molecule has 0 saturated heterocycles. The van der Waals surface area contributed by atoms with Crippen molar-refractivity contribution in [2.24, 2.45) is 0 Å². The smallest absolute Gasteiger partial charge is 0.243 e. The Balaban J connectivity index is 2.31. The molecular weight excluding hydrogens is 264 g/mol. The van der Waals surface area contributed by atoms with Crippen LogP contribution in [0.3, 0.4) is 0 Å². The van der Waals surface area contributed by atoms with Crippen molar-refractivity contribution in [3.05, 3.63) is 47.9 Å². The zero-order valence-electron chi connectivity index (χ0n) is 10.8. The highest BCUT2D eigenvalue weighted by Gasteiger charge is 2.23. The van der Waals surface area contributed by atoms with Gasteiger partial charge in [0.15, 0.2) is 0 Å². The summed E-state index contributed by atoms with van der Waals surface area (Å²) in [6, 6.07) is 8.22. The van der Waals surface area contributed by atoms with E-state index in [0.717, 1.165) is 0 Å².